The van der Waals surface area contributed by atoms with Crippen molar-refractivity contribution in [2.45, 2.75) is 17.4 Å². The molecule has 1 aliphatic heterocycles. The van der Waals surface area contributed by atoms with E-state index in [2.05, 4.69) is 0 Å². The predicted molar refractivity (Wildman–Crippen MR) is 93.8 cm³/mol. The van der Waals surface area contributed by atoms with Crippen molar-refractivity contribution in [3.8, 4) is 0 Å². The summed E-state index contributed by atoms with van der Waals surface area (Å²) in [7, 11) is 1.41. The zero-order valence-electron chi connectivity index (χ0n) is 13.5. The van der Waals surface area contributed by atoms with E-state index in [9.17, 15) is 13.2 Å². The van der Waals surface area contributed by atoms with Crippen LogP contribution in [0.25, 0.3) is 0 Å². The van der Waals surface area contributed by atoms with Crippen molar-refractivity contribution in [1.82, 2.24) is 9.21 Å². The first-order valence-corrected chi connectivity index (χ1v) is 10.8. The molecule has 0 N–H and O–H groups in total. The van der Waals surface area contributed by atoms with E-state index in [0.29, 0.717) is 13.1 Å². The van der Waals surface area contributed by atoms with Gasteiger partial charge in [0.25, 0.3) is 0 Å². The SMILES string of the molecule is COC(=O)c1sccc1S(=O)(=O)N1CCCSC[C@@H]1CN(C)C. The molecule has 2 rings (SSSR count). The molecule has 1 aromatic rings. The number of carbonyl (C=O) groups excluding carboxylic acids is 1. The van der Waals surface area contributed by atoms with Gasteiger partial charge in [0.1, 0.15) is 9.77 Å². The molecule has 9 heteroatoms. The number of thioether (sulfide) groups is 1. The van der Waals surface area contributed by atoms with Crippen LogP contribution in [0.15, 0.2) is 16.3 Å². The second kappa shape index (κ2) is 7.98. The van der Waals surface area contributed by atoms with Crippen LogP contribution in [0.1, 0.15) is 16.1 Å². The van der Waals surface area contributed by atoms with Gasteiger partial charge in [0.2, 0.25) is 10.0 Å². The summed E-state index contributed by atoms with van der Waals surface area (Å²) in [5.41, 5.74) is 0. The van der Waals surface area contributed by atoms with Crippen LogP contribution in [0.2, 0.25) is 0 Å². The number of hydrogen-bond donors (Lipinski definition) is 0. The summed E-state index contributed by atoms with van der Waals surface area (Å²) in [6, 6.07) is 1.39. The lowest BCUT2D eigenvalue weighted by molar-refractivity contribution is 0.0602. The van der Waals surface area contributed by atoms with Gasteiger partial charge >= 0.3 is 5.97 Å². The fourth-order valence-corrected chi connectivity index (χ4v) is 6.67. The first kappa shape index (κ1) is 18.7. The summed E-state index contributed by atoms with van der Waals surface area (Å²) < 4.78 is 32.5. The summed E-state index contributed by atoms with van der Waals surface area (Å²) >= 11 is 2.87. The number of rotatable bonds is 5. The largest absolute Gasteiger partial charge is 0.465 e. The Kier molecular flexibility index (Phi) is 6.49. The molecule has 6 nitrogen and oxygen atoms in total. The first-order valence-electron chi connectivity index (χ1n) is 7.28. The Morgan fingerprint density at radius 2 is 2.22 bits per heavy atom. The minimum Gasteiger partial charge on any atom is -0.465 e. The monoisotopic (exact) mass is 378 g/mol. The zero-order chi connectivity index (χ0) is 17.0. The maximum Gasteiger partial charge on any atom is 0.349 e. The Bertz CT molecular complexity index is 642. The molecule has 0 bridgehead atoms. The third-order valence-corrected chi connectivity index (χ3v) is 7.76. The fourth-order valence-electron chi connectivity index (χ4n) is 2.56. The van der Waals surface area contributed by atoms with Crippen molar-refractivity contribution in [3.63, 3.8) is 0 Å². The zero-order valence-corrected chi connectivity index (χ0v) is 16.0. The Hall–Kier alpha value is -0.610. The normalized spacial score (nSPS) is 20.4. The van der Waals surface area contributed by atoms with Gasteiger partial charge in [-0.3, -0.25) is 0 Å². The Morgan fingerprint density at radius 3 is 2.87 bits per heavy atom. The average molecular weight is 379 g/mol. The lowest BCUT2D eigenvalue weighted by Crippen LogP contribution is -2.46. The number of carbonyl (C=O) groups is 1. The van der Waals surface area contributed by atoms with Gasteiger partial charge in [-0.15, -0.1) is 11.3 Å². The molecule has 23 heavy (non-hydrogen) atoms. The first-order chi connectivity index (χ1) is 10.9. The van der Waals surface area contributed by atoms with Crippen LogP contribution in [0.3, 0.4) is 0 Å². The molecule has 0 aliphatic carbocycles. The van der Waals surface area contributed by atoms with E-state index in [1.165, 1.54) is 13.2 Å². The van der Waals surface area contributed by atoms with Crippen LogP contribution in [-0.2, 0) is 14.8 Å². The van der Waals surface area contributed by atoms with E-state index in [1.54, 1.807) is 21.4 Å². The molecule has 0 saturated carbocycles. The van der Waals surface area contributed by atoms with Crippen LogP contribution in [0.4, 0.5) is 0 Å². The molecule has 2 heterocycles. The topological polar surface area (TPSA) is 66.9 Å². The van der Waals surface area contributed by atoms with E-state index in [-0.39, 0.29) is 15.8 Å². The molecule has 0 spiro atoms. The molecular formula is C14H22N2O4S3. The van der Waals surface area contributed by atoms with Gasteiger partial charge in [-0.05, 0) is 37.7 Å². The second-order valence-corrected chi connectivity index (χ2v) is 9.49. The molecule has 0 amide bonds. The van der Waals surface area contributed by atoms with Crippen LogP contribution in [0, 0.1) is 0 Å². The van der Waals surface area contributed by atoms with E-state index >= 15 is 0 Å². The highest BCUT2D eigenvalue weighted by atomic mass is 32.2. The molecular weight excluding hydrogens is 356 g/mol. The van der Waals surface area contributed by atoms with Crippen LogP contribution >= 0.6 is 23.1 Å². The molecule has 1 fully saturated rings. The van der Waals surface area contributed by atoms with Crippen LogP contribution < -0.4 is 0 Å². The van der Waals surface area contributed by atoms with E-state index < -0.39 is 16.0 Å². The minimum absolute atomic E-state index is 0.0602. The van der Waals surface area contributed by atoms with Gasteiger partial charge in [-0.1, -0.05) is 0 Å². The maximum atomic E-state index is 13.1. The summed E-state index contributed by atoms with van der Waals surface area (Å²) in [6.45, 7) is 1.13. The molecule has 1 atom stereocenters. The summed E-state index contributed by atoms with van der Waals surface area (Å²) in [5, 5.41) is 1.62. The smallest absolute Gasteiger partial charge is 0.349 e. The van der Waals surface area contributed by atoms with Gasteiger partial charge in [0, 0.05) is 24.9 Å². The van der Waals surface area contributed by atoms with Crippen molar-refractivity contribution in [3.05, 3.63) is 16.3 Å². The minimum atomic E-state index is -3.72. The number of thiophene rings is 1. The quantitative estimate of drug-likeness (QED) is 0.725. The number of nitrogens with zero attached hydrogens (tertiary/aromatic N) is 2. The third-order valence-electron chi connectivity index (χ3n) is 3.55. The number of sulfonamides is 1. The average Bonchev–Trinajstić information content (AvgIpc) is 2.88. The predicted octanol–water partition coefficient (Wildman–Crippen LogP) is 1.59. The van der Waals surface area contributed by atoms with Crippen molar-refractivity contribution in [2.24, 2.45) is 0 Å². The standard InChI is InChI=1S/C14H22N2O4S3/c1-15(2)9-11-10-21-7-4-6-16(11)23(18,19)12-5-8-22-13(12)14(17)20-3/h5,8,11H,4,6-7,9-10H2,1-3H3/t11-/m0/s1. The van der Waals surface area contributed by atoms with Gasteiger partial charge < -0.3 is 9.64 Å². The highest BCUT2D eigenvalue weighted by Gasteiger charge is 2.36. The lowest BCUT2D eigenvalue weighted by atomic mass is 10.3. The fraction of sp³-hybridized carbons (Fsp3) is 0.643. The van der Waals surface area contributed by atoms with E-state index in [4.69, 9.17) is 4.74 Å². The van der Waals surface area contributed by atoms with Crippen LogP contribution in [0.5, 0.6) is 0 Å². The number of esters is 1. The van der Waals surface area contributed by atoms with E-state index in [1.807, 2.05) is 19.0 Å². The summed E-state index contributed by atoms with van der Waals surface area (Å²) in [5.74, 6) is 1.10. The molecule has 1 saturated heterocycles. The highest BCUT2D eigenvalue weighted by molar-refractivity contribution is 7.99. The summed E-state index contributed by atoms with van der Waals surface area (Å²) in [6.07, 6.45) is 0.811. The van der Waals surface area contributed by atoms with Crippen molar-refractivity contribution in [2.75, 3.05) is 45.8 Å². The molecule has 1 aliphatic rings. The maximum absolute atomic E-state index is 13.1. The number of hydrogen-bond acceptors (Lipinski definition) is 7. The van der Waals surface area contributed by atoms with Crippen molar-refractivity contribution < 1.29 is 17.9 Å². The van der Waals surface area contributed by atoms with Gasteiger partial charge in [0.05, 0.1) is 7.11 Å². The number of likely N-dealkylation sites (N-methyl/N-ethyl adjacent to an activating group) is 1. The molecule has 0 aromatic carbocycles. The molecule has 130 valence electrons. The lowest BCUT2D eigenvalue weighted by Gasteiger charge is -2.30. The molecule has 0 unspecified atom stereocenters. The van der Waals surface area contributed by atoms with Gasteiger partial charge in [0.15, 0.2) is 0 Å². The van der Waals surface area contributed by atoms with Crippen molar-refractivity contribution >= 4 is 39.1 Å². The van der Waals surface area contributed by atoms with E-state index in [0.717, 1.165) is 29.3 Å². The second-order valence-electron chi connectivity index (χ2n) is 5.57. The highest BCUT2D eigenvalue weighted by Crippen LogP contribution is 2.29. The van der Waals surface area contributed by atoms with Crippen molar-refractivity contribution in [1.29, 1.82) is 0 Å². The number of methoxy groups -OCH3 is 1. The molecule has 1 aromatic heterocycles. The third kappa shape index (κ3) is 4.27. The van der Waals surface area contributed by atoms with Gasteiger partial charge in [-0.2, -0.15) is 16.1 Å². The Morgan fingerprint density at radius 1 is 1.48 bits per heavy atom. The summed E-state index contributed by atoms with van der Waals surface area (Å²) in [4.78, 5) is 14.0. The van der Waals surface area contributed by atoms with Crippen LogP contribution in [-0.4, -0.2) is 75.4 Å². The Labute approximate surface area is 145 Å². The van der Waals surface area contributed by atoms with Gasteiger partial charge in [-0.25, -0.2) is 13.2 Å². The Balaban J connectivity index is 2.39. The number of ether oxygens (including phenoxy) is 1. The molecule has 0 radical (unpaired) electrons.